The summed E-state index contributed by atoms with van der Waals surface area (Å²) in [7, 11) is 0. The SMILES string of the molecule is C[C@H](Nc1ccc(Cl)nn1)c1ccccc1. The first-order valence-corrected chi connectivity index (χ1v) is 5.44. The predicted molar refractivity (Wildman–Crippen MR) is 65.5 cm³/mol. The molecular weight excluding hydrogens is 222 g/mol. The standard InChI is InChI=1S/C12H12ClN3/c1-9(10-5-3-2-4-6-10)14-12-8-7-11(13)15-16-12/h2-9H,1H3,(H,14,16)/t9-/m0/s1. The molecule has 0 unspecified atom stereocenters. The van der Waals surface area contributed by atoms with E-state index in [2.05, 4.69) is 34.6 Å². The van der Waals surface area contributed by atoms with Crippen molar-refractivity contribution in [3.8, 4) is 0 Å². The molecule has 0 aliphatic carbocycles. The van der Waals surface area contributed by atoms with Crippen molar-refractivity contribution < 1.29 is 0 Å². The molecule has 4 heteroatoms. The molecule has 1 aromatic heterocycles. The van der Waals surface area contributed by atoms with Crippen molar-refractivity contribution in [1.82, 2.24) is 10.2 Å². The monoisotopic (exact) mass is 233 g/mol. The van der Waals surface area contributed by atoms with Gasteiger partial charge in [0.05, 0.1) is 0 Å². The zero-order valence-corrected chi connectivity index (χ0v) is 9.65. The van der Waals surface area contributed by atoms with E-state index in [-0.39, 0.29) is 6.04 Å². The van der Waals surface area contributed by atoms with Crippen LogP contribution in [0.25, 0.3) is 0 Å². The van der Waals surface area contributed by atoms with Gasteiger partial charge in [0, 0.05) is 6.04 Å². The third-order valence-corrected chi connectivity index (χ3v) is 2.50. The lowest BCUT2D eigenvalue weighted by Gasteiger charge is -2.14. The van der Waals surface area contributed by atoms with E-state index >= 15 is 0 Å². The molecule has 0 saturated carbocycles. The second kappa shape index (κ2) is 4.94. The lowest BCUT2D eigenvalue weighted by Crippen LogP contribution is -2.08. The quantitative estimate of drug-likeness (QED) is 0.884. The summed E-state index contributed by atoms with van der Waals surface area (Å²) in [5.41, 5.74) is 1.21. The summed E-state index contributed by atoms with van der Waals surface area (Å²) < 4.78 is 0. The number of hydrogen-bond donors (Lipinski definition) is 1. The summed E-state index contributed by atoms with van der Waals surface area (Å²) in [5.74, 6) is 0.723. The first kappa shape index (κ1) is 10.9. The Morgan fingerprint density at radius 1 is 1.06 bits per heavy atom. The molecule has 3 nitrogen and oxygen atoms in total. The molecule has 0 amide bonds. The number of rotatable bonds is 3. The highest BCUT2D eigenvalue weighted by atomic mass is 35.5. The Morgan fingerprint density at radius 2 is 1.81 bits per heavy atom. The number of nitrogens with one attached hydrogen (secondary N) is 1. The van der Waals surface area contributed by atoms with Gasteiger partial charge in [0.2, 0.25) is 0 Å². The highest BCUT2D eigenvalue weighted by Crippen LogP contribution is 2.17. The van der Waals surface area contributed by atoms with Gasteiger partial charge in [-0.1, -0.05) is 41.9 Å². The van der Waals surface area contributed by atoms with Crippen LogP contribution in [0.5, 0.6) is 0 Å². The van der Waals surface area contributed by atoms with Gasteiger partial charge in [0.1, 0.15) is 5.82 Å². The molecule has 1 N–H and O–H groups in total. The molecule has 0 aliphatic heterocycles. The Labute approximate surface area is 99.5 Å². The van der Waals surface area contributed by atoms with Gasteiger partial charge in [-0.2, -0.15) is 0 Å². The number of hydrogen-bond acceptors (Lipinski definition) is 3. The predicted octanol–water partition coefficient (Wildman–Crippen LogP) is 3.30. The maximum absolute atomic E-state index is 5.66. The Balaban J connectivity index is 2.08. The van der Waals surface area contributed by atoms with Crippen molar-refractivity contribution in [2.24, 2.45) is 0 Å². The summed E-state index contributed by atoms with van der Waals surface area (Å²) in [6, 6.07) is 13.9. The van der Waals surface area contributed by atoms with E-state index in [4.69, 9.17) is 11.6 Å². The third-order valence-electron chi connectivity index (χ3n) is 2.30. The second-order valence-electron chi connectivity index (χ2n) is 3.52. The van der Waals surface area contributed by atoms with Crippen LogP contribution in [0.4, 0.5) is 5.82 Å². The van der Waals surface area contributed by atoms with Crippen LogP contribution in [0.1, 0.15) is 18.5 Å². The van der Waals surface area contributed by atoms with Crippen molar-refractivity contribution >= 4 is 17.4 Å². The maximum atomic E-state index is 5.66. The average molecular weight is 234 g/mol. The fraction of sp³-hybridized carbons (Fsp3) is 0.167. The van der Waals surface area contributed by atoms with Crippen molar-refractivity contribution in [1.29, 1.82) is 0 Å². The lowest BCUT2D eigenvalue weighted by atomic mass is 10.1. The zero-order chi connectivity index (χ0) is 11.4. The van der Waals surface area contributed by atoms with Gasteiger partial charge in [0.25, 0.3) is 0 Å². The fourth-order valence-corrected chi connectivity index (χ4v) is 1.54. The molecule has 1 atom stereocenters. The molecular formula is C12H12ClN3. The van der Waals surface area contributed by atoms with Gasteiger partial charge in [-0.15, -0.1) is 10.2 Å². The fourth-order valence-electron chi connectivity index (χ4n) is 1.44. The average Bonchev–Trinajstić information content (AvgIpc) is 2.33. The number of benzene rings is 1. The topological polar surface area (TPSA) is 37.8 Å². The largest absolute Gasteiger partial charge is 0.362 e. The van der Waals surface area contributed by atoms with Crippen LogP contribution in [0.2, 0.25) is 5.15 Å². The van der Waals surface area contributed by atoms with Gasteiger partial charge in [0.15, 0.2) is 5.15 Å². The van der Waals surface area contributed by atoms with Crippen LogP contribution < -0.4 is 5.32 Å². The minimum atomic E-state index is 0.191. The van der Waals surface area contributed by atoms with E-state index in [1.807, 2.05) is 24.3 Å². The van der Waals surface area contributed by atoms with Crippen LogP contribution in [-0.4, -0.2) is 10.2 Å². The normalized spacial score (nSPS) is 12.1. The van der Waals surface area contributed by atoms with Crippen molar-refractivity contribution in [2.45, 2.75) is 13.0 Å². The molecule has 0 spiro atoms. The van der Waals surface area contributed by atoms with Crippen molar-refractivity contribution in [2.75, 3.05) is 5.32 Å². The Kier molecular flexibility index (Phi) is 3.37. The molecule has 0 aliphatic rings. The third kappa shape index (κ3) is 2.70. The molecule has 0 fully saturated rings. The van der Waals surface area contributed by atoms with Crippen LogP contribution in [-0.2, 0) is 0 Å². The summed E-state index contributed by atoms with van der Waals surface area (Å²) in [6.45, 7) is 2.08. The van der Waals surface area contributed by atoms with Gasteiger partial charge in [-0.3, -0.25) is 0 Å². The number of nitrogens with zero attached hydrogens (tertiary/aromatic N) is 2. The molecule has 2 rings (SSSR count). The minimum Gasteiger partial charge on any atom is -0.362 e. The van der Waals surface area contributed by atoms with Crippen LogP contribution >= 0.6 is 11.6 Å². The lowest BCUT2D eigenvalue weighted by molar-refractivity contribution is 0.861. The summed E-state index contributed by atoms with van der Waals surface area (Å²) >= 11 is 5.66. The van der Waals surface area contributed by atoms with E-state index in [9.17, 15) is 0 Å². The first-order chi connectivity index (χ1) is 7.75. The van der Waals surface area contributed by atoms with Crippen LogP contribution in [0.15, 0.2) is 42.5 Å². The van der Waals surface area contributed by atoms with Gasteiger partial charge >= 0.3 is 0 Å². The van der Waals surface area contributed by atoms with Crippen molar-refractivity contribution in [3.05, 3.63) is 53.2 Å². The molecule has 0 bridgehead atoms. The van der Waals surface area contributed by atoms with Crippen molar-refractivity contribution in [3.63, 3.8) is 0 Å². The van der Waals surface area contributed by atoms with Gasteiger partial charge in [-0.25, -0.2) is 0 Å². The molecule has 1 aromatic carbocycles. The Bertz CT molecular complexity index is 442. The van der Waals surface area contributed by atoms with Gasteiger partial charge in [-0.05, 0) is 24.6 Å². The first-order valence-electron chi connectivity index (χ1n) is 5.06. The van der Waals surface area contributed by atoms with E-state index in [0.717, 1.165) is 5.82 Å². The van der Waals surface area contributed by atoms with E-state index < -0.39 is 0 Å². The smallest absolute Gasteiger partial charge is 0.151 e. The number of aromatic nitrogens is 2. The van der Waals surface area contributed by atoms with Gasteiger partial charge < -0.3 is 5.32 Å². The molecule has 0 radical (unpaired) electrons. The van der Waals surface area contributed by atoms with Crippen LogP contribution in [0, 0.1) is 0 Å². The minimum absolute atomic E-state index is 0.191. The molecule has 1 heterocycles. The van der Waals surface area contributed by atoms with E-state index in [1.54, 1.807) is 6.07 Å². The van der Waals surface area contributed by atoms with Crippen LogP contribution in [0.3, 0.4) is 0 Å². The highest BCUT2D eigenvalue weighted by molar-refractivity contribution is 6.29. The second-order valence-corrected chi connectivity index (χ2v) is 3.91. The summed E-state index contributed by atoms with van der Waals surface area (Å²) in [4.78, 5) is 0. The number of halogens is 1. The summed E-state index contributed by atoms with van der Waals surface area (Å²) in [6.07, 6.45) is 0. The Hall–Kier alpha value is -1.61. The summed E-state index contributed by atoms with van der Waals surface area (Å²) in [5, 5.41) is 11.4. The highest BCUT2D eigenvalue weighted by Gasteiger charge is 2.05. The zero-order valence-electron chi connectivity index (χ0n) is 8.89. The molecule has 82 valence electrons. The number of anilines is 1. The molecule has 16 heavy (non-hydrogen) atoms. The van der Waals surface area contributed by atoms with E-state index in [0.29, 0.717) is 5.15 Å². The van der Waals surface area contributed by atoms with E-state index in [1.165, 1.54) is 5.56 Å². The maximum Gasteiger partial charge on any atom is 0.151 e. The Morgan fingerprint density at radius 3 is 2.44 bits per heavy atom. The molecule has 2 aromatic rings. The molecule has 0 saturated heterocycles.